The van der Waals surface area contributed by atoms with Crippen LogP contribution in [-0.2, 0) is 20.9 Å². The molecule has 3 amide bonds. The van der Waals surface area contributed by atoms with Gasteiger partial charge in [-0.25, -0.2) is 4.79 Å². The molecule has 3 rings (SSSR count). The molecule has 1 aliphatic heterocycles. The van der Waals surface area contributed by atoms with Crippen LogP contribution in [0.25, 0.3) is 0 Å². The molecule has 1 saturated heterocycles. The SMILES string of the molecule is COC(=O)CN1C(=O)N(Cc2ccccc2)C(=O)C2CCCCC21. The van der Waals surface area contributed by atoms with Gasteiger partial charge in [-0.2, -0.15) is 0 Å². The monoisotopic (exact) mass is 330 g/mol. The number of methoxy groups -OCH3 is 1. The molecular weight excluding hydrogens is 308 g/mol. The summed E-state index contributed by atoms with van der Waals surface area (Å²) in [5.41, 5.74) is 0.895. The second-order valence-electron chi connectivity index (χ2n) is 6.35. The van der Waals surface area contributed by atoms with E-state index in [0.29, 0.717) is 0 Å². The van der Waals surface area contributed by atoms with Crippen LogP contribution in [0.4, 0.5) is 4.79 Å². The summed E-state index contributed by atoms with van der Waals surface area (Å²) in [7, 11) is 1.31. The van der Waals surface area contributed by atoms with Crippen LogP contribution in [0.5, 0.6) is 0 Å². The smallest absolute Gasteiger partial charge is 0.327 e. The average Bonchev–Trinajstić information content (AvgIpc) is 2.63. The van der Waals surface area contributed by atoms with Crippen molar-refractivity contribution in [3.05, 3.63) is 35.9 Å². The quantitative estimate of drug-likeness (QED) is 0.794. The second kappa shape index (κ2) is 7.03. The van der Waals surface area contributed by atoms with Gasteiger partial charge in [0.2, 0.25) is 5.91 Å². The Hall–Kier alpha value is -2.37. The molecule has 1 aliphatic carbocycles. The minimum Gasteiger partial charge on any atom is -0.468 e. The van der Waals surface area contributed by atoms with E-state index in [9.17, 15) is 14.4 Å². The van der Waals surface area contributed by atoms with Gasteiger partial charge in [-0.3, -0.25) is 14.5 Å². The molecule has 2 unspecified atom stereocenters. The first-order valence-corrected chi connectivity index (χ1v) is 8.34. The van der Waals surface area contributed by atoms with E-state index >= 15 is 0 Å². The minimum atomic E-state index is -0.457. The number of benzene rings is 1. The Morgan fingerprint density at radius 3 is 2.58 bits per heavy atom. The fraction of sp³-hybridized carbons (Fsp3) is 0.500. The van der Waals surface area contributed by atoms with Crippen LogP contribution >= 0.6 is 0 Å². The number of hydrogen-bond donors (Lipinski definition) is 0. The highest BCUT2D eigenvalue weighted by Crippen LogP contribution is 2.35. The maximum atomic E-state index is 12.9. The van der Waals surface area contributed by atoms with Gasteiger partial charge in [0.25, 0.3) is 0 Å². The molecule has 0 radical (unpaired) electrons. The van der Waals surface area contributed by atoms with Gasteiger partial charge in [0, 0.05) is 6.04 Å². The number of imide groups is 1. The van der Waals surface area contributed by atoms with Crippen molar-refractivity contribution in [3.63, 3.8) is 0 Å². The fourth-order valence-electron chi connectivity index (χ4n) is 3.66. The number of urea groups is 1. The van der Waals surface area contributed by atoms with Crippen molar-refractivity contribution in [2.45, 2.75) is 38.3 Å². The molecule has 1 aromatic carbocycles. The number of rotatable bonds is 4. The van der Waals surface area contributed by atoms with Crippen molar-refractivity contribution in [1.82, 2.24) is 9.80 Å². The molecule has 0 bridgehead atoms. The summed E-state index contributed by atoms with van der Waals surface area (Å²) < 4.78 is 4.73. The third-order valence-corrected chi connectivity index (χ3v) is 4.90. The van der Waals surface area contributed by atoms with E-state index in [-0.39, 0.29) is 31.0 Å². The molecule has 1 saturated carbocycles. The van der Waals surface area contributed by atoms with Crippen molar-refractivity contribution in [2.24, 2.45) is 5.92 Å². The minimum absolute atomic E-state index is 0.102. The lowest BCUT2D eigenvalue weighted by atomic mass is 9.81. The number of amides is 3. The number of hydrogen-bond acceptors (Lipinski definition) is 4. The molecule has 1 heterocycles. The first kappa shape index (κ1) is 16.5. The molecular formula is C18H22N2O4. The van der Waals surface area contributed by atoms with Gasteiger partial charge in [0.1, 0.15) is 6.54 Å². The number of ether oxygens (including phenoxy) is 1. The highest BCUT2D eigenvalue weighted by Gasteiger charge is 2.47. The Bertz CT molecular complexity index is 631. The largest absolute Gasteiger partial charge is 0.468 e. The van der Waals surface area contributed by atoms with Crippen LogP contribution in [-0.4, -0.2) is 47.4 Å². The molecule has 2 aliphatic rings. The highest BCUT2D eigenvalue weighted by molar-refractivity contribution is 5.99. The number of carbonyl (C=O) groups excluding carboxylic acids is 3. The van der Waals surface area contributed by atoms with Gasteiger partial charge in [0.05, 0.1) is 19.6 Å². The Morgan fingerprint density at radius 1 is 1.17 bits per heavy atom. The van der Waals surface area contributed by atoms with E-state index in [1.165, 1.54) is 16.9 Å². The Labute approximate surface area is 141 Å². The van der Waals surface area contributed by atoms with Crippen molar-refractivity contribution >= 4 is 17.9 Å². The van der Waals surface area contributed by atoms with Crippen molar-refractivity contribution < 1.29 is 19.1 Å². The summed E-state index contributed by atoms with van der Waals surface area (Å²) in [5.74, 6) is -0.791. The lowest BCUT2D eigenvalue weighted by Gasteiger charge is -2.46. The fourth-order valence-corrected chi connectivity index (χ4v) is 3.66. The summed E-state index contributed by atoms with van der Waals surface area (Å²) in [6, 6.07) is 8.84. The van der Waals surface area contributed by atoms with Gasteiger partial charge in [0.15, 0.2) is 0 Å². The summed E-state index contributed by atoms with van der Waals surface area (Å²) in [6.07, 6.45) is 3.47. The maximum absolute atomic E-state index is 12.9. The van der Waals surface area contributed by atoms with E-state index < -0.39 is 12.0 Å². The van der Waals surface area contributed by atoms with Crippen molar-refractivity contribution in [1.29, 1.82) is 0 Å². The number of nitrogens with zero attached hydrogens (tertiary/aromatic N) is 2. The van der Waals surface area contributed by atoms with Crippen LogP contribution in [0.2, 0.25) is 0 Å². The van der Waals surface area contributed by atoms with Gasteiger partial charge in [-0.1, -0.05) is 43.2 Å². The van der Waals surface area contributed by atoms with Crippen molar-refractivity contribution in [3.8, 4) is 0 Å². The van der Waals surface area contributed by atoms with Crippen LogP contribution < -0.4 is 0 Å². The lowest BCUT2D eigenvalue weighted by Crippen LogP contribution is -2.63. The van der Waals surface area contributed by atoms with Gasteiger partial charge >= 0.3 is 12.0 Å². The van der Waals surface area contributed by atoms with Crippen LogP contribution in [0, 0.1) is 5.92 Å². The normalized spacial score (nSPS) is 23.9. The average molecular weight is 330 g/mol. The van der Waals surface area contributed by atoms with E-state index in [0.717, 1.165) is 31.2 Å². The van der Waals surface area contributed by atoms with Crippen LogP contribution in [0.1, 0.15) is 31.2 Å². The molecule has 0 spiro atoms. The molecule has 2 fully saturated rings. The molecule has 0 N–H and O–H groups in total. The maximum Gasteiger partial charge on any atom is 0.327 e. The Morgan fingerprint density at radius 2 is 1.88 bits per heavy atom. The van der Waals surface area contributed by atoms with Crippen LogP contribution in [0.3, 0.4) is 0 Å². The predicted octanol–water partition coefficient (Wildman–Crippen LogP) is 2.18. The molecule has 128 valence electrons. The third-order valence-electron chi connectivity index (χ3n) is 4.90. The number of carbonyl (C=O) groups is 3. The van der Waals surface area contributed by atoms with E-state index in [4.69, 9.17) is 4.74 Å². The zero-order valence-electron chi connectivity index (χ0n) is 13.8. The predicted molar refractivity (Wildman–Crippen MR) is 86.9 cm³/mol. The van der Waals surface area contributed by atoms with Crippen molar-refractivity contribution in [2.75, 3.05) is 13.7 Å². The van der Waals surface area contributed by atoms with E-state index in [2.05, 4.69) is 0 Å². The molecule has 6 nitrogen and oxygen atoms in total. The topological polar surface area (TPSA) is 66.9 Å². The lowest BCUT2D eigenvalue weighted by molar-refractivity contribution is -0.148. The van der Waals surface area contributed by atoms with E-state index in [1.54, 1.807) is 0 Å². The zero-order chi connectivity index (χ0) is 17.1. The summed E-state index contributed by atoms with van der Waals surface area (Å²) in [4.78, 5) is 40.2. The summed E-state index contributed by atoms with van der Waals surface area (Å²) in [6.45, 7) is 0.133. The summed E-state index contributed by atoms with van der Waals surface area (Å²) >= 11 is 0. The third kappa shape index (κ3) is 3.13. The number of fused-ring (bicyclic) bond motifs is 1. The standard InChI is InChI=1S/C18H22N2O4/c1-24-16(21)12-19-15-10-6-5-9-14(15)17(22)20(18(19)23)11-13-7-3-2-4-8-13/h2-4,7-8,14-15H,5-6,9-12H2,1H3. The highest BCUT2D eigenvalue weighted by atomic mass is 16.5. The van der Waals surface area contributed by atoms with Gasteiger partial charge < -0.3 is 9.64 Å². The van der Waals surface area contributed by atoms with Crippen LogP contribution in [0.15, 0.2) is 30.3 Å². The van der Waals surface area contributed by atoms with Gasteiger partial charge in [-0.05, 0) is 18.4 Å². The summed E-state index contributed by atoms with van der Waals surface area (Å²) in [5, 5.41) is 0. The Balaban J connectivity index is 1.86. The first-order valence-electron chi connectivity index (χ1n) is 8.34. The first-order chi connectivity index (χ1) is 11.6. The molecule has 2 atom stereocenters. The Kier molecular flexibility index (Phi) is 4.83. The molecule has 24 heavy (non-hydrogen) atoms. The zero-order valence-corrected chi connectivity index (χ0v) is 13.8. The number of esters is 1. The molecule has 6 heteroatoms. The van der Waals surface area contributed by atoms with E-state index in [1.807, 2.05) is 30.3 Å². The second-order valence-corrected chi connectivity index (χ2v) is 6.35. The molecule has 0 aromatic heterocycles. The molecule has 1 aromatic rings. The van der Waals surface area contributed by atoms with Gasteiger partial charge in [-0.15, -0.1) is 0 Å².